The summed E-state index contributed by atoms with van der Waals surface area (Å²) in [5.41, 5.74) is -0.0581. The minimum Gasteiger partial charge on any atom is -0.507 e. The van der Waals surface area contributed by atoms with E-state index in [1.54, 1.807) is 53.9 Å². The van der Waals surface area contributed by atoms with E-state index in [1.165, 1.54) is 76.4 Å². The summed E-state index contributed by atoms with van der Waals surface area (Å²) < 4.78 is 29.6. The number of aliphatic hydroxyl groups is 2. The number of hydrogen-bond acceptors (Lipinski definition) is 14. The van der Waals surface area contributed by atoms with Gasteiger partial charge in [0.2, 0.25) is 0 Å². The first-order valence-electron chi connectivity index (χ1n) is 19.0. The van der Waals surface area contributed by atoms with Crippen LogP contribution < -0.4 is 14.8 Å². The number of amides is 2. The third-order valence-corrected chi connectivity index (χ3v) is 11.1. The molecule has 0 saturated heterocycles. The number of carbonyl (C=O) groups is 4. The van der Waals surface area contributed by atoms with Gasteiger partial charge in [0.1, 0.15) is 23.4 Å². The highest BCUT2D eigenvalue weighted by molar-refractivity contribution is 6.21. The Morgan fingerprint density at radius 2 is 1.60 bits per heavy atom. The van der Waals surface area contributed by atoms with Crippen molar-refractivity contribution in [2.45, 2.75) is 85.6 Å². The Morgan fingerprint density at radius 3 is 2.21 bits per heavy atom. The van der Waals surface area contributed by atoms with Gasteiger partial charge in [-0.25, -0.2) is 5.01 Å². The standard InChI is InChI=1S/C42H57N3O13/c1-20-14-13-15-21(2)41(53)43-27-18-29(55-19-30(47)45(11)44(9)10)31-32(37(27)51)36(50)25(6)39-33(31)40(52)42(8,58-39)56-17-16-28(54-12)22(3)38(57-26(7)46)24(5)35(49)23(4)34(20)48/h13-18,20,22-24,28,34-35,38,48-51H,19H2,1-12H3,(H,43,53)/b14-13-,17-16-,21-15+. The first-order valence-corrected chi connectivity index (χ1v) is 19.0. The van der Waals surface area contributed by atoms with E-state index in [1.807, 2.05) is 0 Å². The second-order valence-electron chi connectivity index (χ2n) is 15.5. The van der Waals surface area contributed by atoms with Crippen LogP contribution in [0.5, 0.6) is 23.0 Å². The molecule has 0 saturated carbocycles. The third kappa shape index (κ3) is 9.09. The highest BCUT2D eigenvalue weighted by Crippen LogP contribution is 2.54. The molecule has 16 heteroatoms. The summed E-state index contributed by atoms with van der Waals surface area (Å²) in [4.78, 5) is 53.3. The molecular formula is C42H57N3O13. The Morgan fingerprint density at radius 1 is 0.948 bits per heavy atom. The second kappa shape index (κ2) is 18.2. The Hall–Kier alpha value is -5.16. The lowest BCUT2D eigenvalue weighted by Crippen LogP contribution is -2.46. The minimum absolute atomic E-state index is 0.0673. The van der Waals surface area contributed by atoms with Crippen molar-refractivity contribution in [3.63, 3.8) is 0 Å². The average Bonchev–Trinajstić information content (AvgIpc) is 3.44. The number of ketones is 1. The van der Waals surface area contributed by atoms with Gasteiger partial charge in [0.25, 0.3) is 17.6 Å². The molecule has 0 fully saturated rings. The van der Waals surface area contributed by atoms with Crippen molar-refractivity contribution in [2.75, 3.05) is 40.2 Å². The molecule has 0 aliphatic carbocycles. The molecule has 5 rings (SSSR count). The number of ether oxygens (including phenoxy) is 5. The summed E-state index contributed by atoms with van der Waals surface area (Å²) in [6, 6.07) is 1.25. The van der Waals surface area contributed by atoms with Crippen LogP contribution in [0.2, 0.25) is 0 Å². The van der Waals surface area contributed by atoms with Gasteiger partial charge in [-0.2, -0.15) is 0 Å². The van der Waals surface area contributed by atoms with Crippen LogP contribution in [0.25, 0.3) is 10.8 Å². The summed E-state index contributed by atoms with van der Waals surface area (Å²) >= 11 is 0. The number of Topliss-reactive ketones (excluding diaryl/α,β-unsaturated/α-hetero) is 1. The van der Waals surface area contributed by atoms with E-state index >= 15 is 0 Å². The van der Waals surface area contributed by atoms with Crippen molar-refractivity contribution in [3.05, 3.63) is 53.3 Å². The minimum atomic E-state index is -2.03. The van der Waals surface area contributed by atoms with Gasteiger partial charge < -0.3 is 49.4 Å². The average molecular weight is 812 g/mol. The zero-order valence-corrected chi connectivity index (χ0v) is 35.1. The molecule has 5 bridgehead atoms. The maximum Gasteiger partial charge on any atom is 0.312 e. The molecule has 0 spiro atoms. The van der Waals surface area contributed by atoms with Gasteiger partial charge in [0, 0.05) is 88.4 Å². The van der Waals surface area contributed by atoms with Gasteiger partial charge in [-0.3, -0.25) is 24.2 Å². The van der Waals surface area contributed by atoms with Crippen LogP contribution in [0.4, 0.5) is 5.69 Å². The number of fused-ring (bicyclic) bond motifs is 14. The lowest BCUT2D eigenvalue weighted by atomic mass is 9.78. The fourth-order valence-electron chi connectivity index (χ4n) is 7.20. The molecular weight excluding hydrogens is 754 g/mol. The monoisotopic (exact) mass is 811 g/mol. The van der Waals surface area contributed by atoms with Gasteiger partial charge in [-0.05, 0) is 19.9 Å². The number of methoxy groups -OCH3 is 1. The van der Waals surface area contributed by atoms with Crippen molar-refractivity contribution >= 4 is 40.0 Å². The number of hydrazine groups is 1. The summed E-state index contributed by atoms with van der Waals surface area (Å²) in [5, 5.41) is 51.1. The summed E-state index contributed by atoms with van der Waals surface area (Å²) in [7, 11) is 6.27. The number of phenols is 2. The predicted molar refractivity (Wildman–Crippen MR) is 214 cm³/mol. The van der Waals surface area contributed by atoms with Crippen LogP contribution in [0.3, 0.4) is 0 Å². The van der Waals surface area contributed by atoms with Crippen LogP contribution in [0, 0.1) is 30.6 Å². The Bertz CT molecular complexity index is 2010. The Kier molecular flexibility index (Phi) is 14.3. The topological polar surface area (TPSA) is 214 Å². The number of allylic oxidation sites excluding steroid dienone is 2. The van der Waals surface area contributed by atoms with Crippen molar-refractivity contribution in [3.8, 4) is 23.0 Å². The largest absolute Gasteiger partial charge is 0.507 e. The number of nitrogens with zero attached hydrogens (tertiary/aromatic N) is 2. The highest BCUT2D eigenvalue weighted by atomic mass is 16.7. The fraction of sp³-hybridized carbons (Fsp3) is 0.524. The molecule has 0 radical (unpaired) electrons. The van der Waals surface area contributed by atoms with Crippen LogP contribution in [0.1, 0.15) is 64.4 Å². The Labute approximate surface area is 338 Å². The number of benzene rings is 2. The lowest BCUT2D eigenvalue weighted by Gasteiger charge is -2.38. The molecule has 3 heterocycles. The molecule has 16 nitrogen and oxygen atoms in total. The van der Waals surface area contributed by atoms with Crippen molar-refractivity contribution in [1.82, 2.24) is 10.0 Å². The van der Waals surface area contributed by atoms with E-state index in [9.17, 15) is 39.6 Å². The molecule has 2 aromatic carbocycles. The van der Waals surface area contributed by atoms with Crippen LogP contribution in [0.15, 0.2) is 42.2 Å². The zero-order chi connectivity index (χ0) is 43.5. The summed E-state index contributed by atoms with van der Waals surface area (Å²) in [6.45, 7) is 12.0. The highest BCUT2D eigenvalue weighted by Gasteiger charge is 2.49. The molecule has 3 aliphatic heterocycles. The van der Waals surface area contributed by atoms with Gasteiger partial charge in [-0.15, -0.1) is 0 Å². The quantitative estimate of drug-likeness (QED) is 0.156. The third-order valence-electron chi connectivity index (χ3n) is 11.1. The van der Waals surface area contributed by atoms with Crippen LogP contribution in [-0.4, -0.2) is 119 Å². The second-order valence-corrected chi connectivity index (χ2v) is 15.5. The summed E-state index contributed by atoms with van der Waals surface area (Å²) in [5.74, 6) is -8.24. The van der Waals surface area contributed by atoms with Crippen molar-refractivity contribution < 1.29 is 63.3 Å². The molecule has 0 aromatic heterocycles. The maximum atomic E-state index is 14.4. The van der Waals surface area contributed by atoms with E-state index in [4.69, 9.17) is 23.7 Å². The molecule has 9 atom stereocenters. The van der Waals surface area contributed by atoms with Crippen LogP contribution in [-0.2, 0) is 28.6 Å². The lowest BCUT2D eigenvalue weighted by molar-refractivity contribution is -0.160. The van der Waals surface area contributed by atoms with Gasteiger partial charge in [0.05, 0.1) is 41.2 Å². The number of aliphatic hydroxyl groups excluding tert-OH is 2. The molecule has 318 valence electrons. The molecule has 5 N–H and O–H groups in total. The van der Waals surface area contributed by atoms with Crippen molar-refractivity contribution in [2.24, 2.45) is 23.7 Å². The number of rotatable bonds is 6. The number of aromatic hydroxyl groups is 2. The molecule has 2 aromatic rings. The van der Waals surface area contributed by atoms with E-state index in [0.717, 1.165) is 0 Å². The molecule has 9 unspecified atom stereocenters. The smallest absolute Gasteiger partial charge is 0.312 e. The molecule has 2 amide bonds. The number of likely N-dealkylation sites (N-methyl/N-ethyl adjacent to an activating group) is 1. The van der Waals surface area contributed by atoms with Gasteiger partial charge >= 0.3 is 11.8 Å². The Balaban J connectivity index is 1.94. The van der Waals surface area contributed by atoms with Gasteiger partial charge in [0.15, 0.2) is 12.4 Å². The first-order chi connectivity index (χ1) is 27.1. The fourth-order valence-corrected chi connectivity index (χ4v) is 7.20. The van der Waals surface area contributed by atoms with Crippen molar-refractivity contribution in [1.29, 1.82) is 0 Å². The zero-order valence-electron chi connectivity index (χ0n) is 35.1. The SMILES string of the molecule is COC1/C=C\OC2(C)Oc3c(C)c(O)c4c(O)c(cc(OCC(=O)N(C)N(C)C)c4c3C2=O)NC(=O)/C(C)=C/C=C\C(C)C(O)C(C)C(O)C(C)C(OC(C)=O)C1C. The predicted octanol–water partition coefficient (Wildman–Crippen LogP) is 4.36. The molecule has 58 heavy (non-hydrogen) atoms. The number of esters is 1. The number of anilines is 1. The number of nitrogens with one attached hydrogen (secondary N) is 1. The van der Waals surface area contributed by atoms with E-state index in [-0.39, 0.29) is 44.7 Å². The number of phenolic OH excluding ortho intramolecular Hbond substituents is 2. The number of hydrogen-bond donors (Lipinski definition) is 5. The number of carbonyl (C=O) groups excluding carboxylic acids is 4. The molecule has 3 aliphatic rings. The van der Waals surface area contributed by atoms with E-state index < -0.39 is 95.5 Å². The maximum absolute atomic E-state index is 14.4. The van der Waals surface area contributed by atoms with E-state index in [0.29, 0.717) is 0 Å². The van der Waals surface area contributed by atoms with Crippen LogP contribution >= 0.6 is 0 Å². The van der Waals surface area contributed by atoms with Gasteiger partial charge in [-0.1, -0.05) is 45.9 Å². The normalized spacial score (nSPS) is 30.2. The first kappa shape index (κ1) is 45.5. The van der Waals surface area contributed by atoms with E-state index in [2.05, 4.69) is 5.32 Å². The summed E-state index contributed by atoms with van der Waals surface area (Å²) in [6.07, 6.45) is 3.55.